The summed E-state index contributed by atoms with van der Waals surface area (Å²) in [6.07, 6.45) is -0.762. The lowest BCUT2D eigenvalue weighted by molar-refractivity contribution is 0.0997. The normalized spacial score (nSPS) is 10.9. The van der Waals surface area contributed by atoms with Crippen molar-refractivity contribution in [2.75, 3.05) is 20.8 Å². The van der Waals surface area contributed by atoms with Gasteiger partial charge in [0.15, 0.2) is 17.3 Å². The summed E-state index contributed by atoms with van der Waals surface area (Å²) in [5.74, 6) is 0.826. The SMILES string of the molecule is CCOC(=O)N/N=C(\CC(=O)c1ccccc1S)c1ccc(OC)c(OC)c1. The van der Waals surface area contributed by atoms with E-state index in [-0.39, 0.29) is 18.8 Å². The molecule has 0 aromatic heterocycles. The minimum absolute atomic E-state index is 0.0561. The number of carbonyl (C=O) groups excluding carboxylic acids is 2. The van der Waals surface area contributed by atoms with Gasteiger partial charge in [0, 0.05) is 16.0 Å². The zero-order chi connectivity index (χ0) is 20.5. The molecule has 1 N–H and O–H groups in total. The third-order valence-electron chi connectivity index (χ3n) is 3.81. The highest BCUT2D eigenvalue weighted by molar-refractivity contribution is 7.80. The molecule has 2 aromatic carbocycles. The van der Waals surface area contributed by atoms with Gasteiger partial charge in [0.05, 0.1) is 33.0 Å². The maximum absolute atomic E-state index is 12.8. The van der Waals surface area contributed by atoms with Gasteiger partial charge in [-0.05, 0) is 31.2 Å². The number of hydrogen-bond donors (Lipinski definition) is 2. The van der Waals surface area contributed by atoms with Crippen LogP contribution in [-0.4, -0.2) is 38.4 Å². The van der Waals surface area contributed by atoms with Crippen LogP contribution in [0.2, 0.25) is 0 Å². The van der Waals surface area contributed by atoms with Crippen LogP contribution in [0, 0.1) is 0 Å². The van der Waals surface area contributed by atoms with Gasteiger partial charge in [-0.3, -0.25) is 4.79 Å². The van der Waals surface area contributed by atoms with Gasteiger partial charge in [-0.25, -0.2) is 10.2 Å². The summed E-state index contributed by atoms with van der Waals surface area (Å²) in [5, 5.41) is 4.09. The second-order valence-electron chi connectivity index (χ2n) is 5.58. The molecule has 0 bridgehead atoms. The minimum Gasteiger partial charge on any atom is -0.493 e. The van der Waals surface area contributed by atoms with Crippen molar-refractivity contribution in [2.24, 2.45) is 5.10 Å². The van der Waals surface area contributed by atoms with Crippen LogP contribution in [0.5, 0.6) is 11.5 Å². The van der Waals surface area contributed by atoms with Gasteiger partial charge in [0.1, 0.15) is 0 Å². The number of ether oxygens (including phenoxy) is 3. The summed E-state index contributed by atoms with van der Waals surface area (Å²) >= 11 is 4.33. The van der Waals surface area contributed by atoms with Crippen molar-refractivity contribution in [3.63, 3.8) is 0 Å². The van der Waals surface area contributed by atoms with Crippen molar-refractivity contribution in [1.82, 2.24) is 5.43 Å². The average Bonchev–Trinajstić information content (AvgIpc) is 2.70. The zero-order valence-electron chi connectivity index (χ0n) is 15.9. The first kappa shape index (κ1) is 21.3. The lowest BCUT2D eigenvalue weighted by Gasteiger charge is -2.12. The highest BCUT2D eigenvalue weighted by Gasteiger charge is 2.17. The largest absolute Gasteiger partial charge is 0.493 e. The number of hydrogen-bond acceptors (Lipinski definition) is 7. The molecule has 0 saturated heterocycles. The molecular formula is C20H22N2O5S. The molecule has 148 valence electrons. The third-order valence-corrected chi connectivity index (χ3v) is 4.20. The van der Waals surface area contributed by atoms with E-state index >= 15 is 0 Å². The number of thiol groups is 1. The quantitative estimate of drug-likeness (QED) is 0.304. The van der Waals surface area contributed by atoms with Gasteiger partial charge in [-0.15, -0.1) is 12.6 Å². The Kier molecular flexibility index (Phi) is 7.88. The molecule has 28 heavy (non-hydrogen) atoms. The summed E-state index contributed by atoms with van der Waals surface area (Å²) in [6, 6.07) is 12.1. The molecule has 1 amide bonds. The second-order valence-corrected chi connectivity index (χ2v) is 6.06. The summed E-state index contributed by atoms with van der Waals surface area (Å²) in [5.41, 5.74) is 3.71. The molecule has 0 aliphatic rings. The molecular weight excluding hydrogens is 380 g/mol. The van der Waals surface area contributed by atoms with E-state index in [4.69, 9.17) is 14.2 Å². The van der Waals surface area contributed by atoms with Crippen molar-refractivity contribution >= 4 is 30.2 Å². The Morgan fingerprint density at radius 3 is 2.43 bits per heavy atom. The summed E-state index contributed by atoms with van der Waals surface area (Å²) in [4.78, 5) is 25.0. The Balaban J connectivity index is 2.37. The predicted octanol–water partition coefficient (Wildman–Crippen LogP) is 3.72. The summed E-state index contributed by atoms with van der Waals surface area (Å²) < 4.78 is 15.4. The van der Waals surface area contributed by atoms with Gasteiger partial charge >= 0.3 is 6.09 Å². The van der Waals surface area contributed by atoms with Crippen LogP contribution in [0.1, 0.15) is 29.3 Å². The number of carbonyl (C=O) groups is 2. The smallest absolute Gasteiger partial charge is 0.427 e. The van der Waals surface area contributed by atoms with Gasteiger partial charge in [0.25, 0.3) is 0 Å². The molecule has 0 aliphatic heterocycles. The highest BCUT2D eigenvalue weighted by atomic mass is 32.1. The maximum atomic E-state index is 12.8. The van der Waals surface area contributed by atoms with E-state index < -0.39 is 6.09 Å². The number of amides is 1. The van der Waals surface area contributed by atoms with Crippen molar-refractivity contribution in [2.45, 2.75) is 18.2 Å². The molecule has 0 radical (unpaired) electrons. The van der Waals surface area contributed by atoms with E-state index in [1.807, 2.05) is 0 Å². The Bertz CT molecular complexity index is 883. The third kappa shape index (κ3) is 5.50. The molecule has 0 atom stereocenters. The number of benzene rings is 2. The lowest BCUT2D eigenvalue weighted by atomic mass is 10.0. The Hall–Kier alpha value is -3.00. The fraction of sp³-hybridized carbons (Fsp3) is 0.250. The maximum Gasteiger partial charge on any atom is 0.427 e. The molecule has 0 saturated carbocycles. The highest BCUT2D eigenvalue weighted by Crippen LogP contribution is 2.28. The van der Waals surface area contributed by atoms with E-state index in [0.717, 1.165) is 0 Å². The Morgan fingerprint density at radius 2 is 1.79 bits per heavy atom. The second kappa shape index (κ2) is 10.4. The van der Waals surface area contributed by atoms with Crippen LogP contribution in [0.25, 0.3) is 0 Å². The first-order chi connectivity index (χ1) is 13.5. The van der Waals surface area contributed by atoms with E-state index in [9.17, 15) is 9.59 Å². The topological polar surface area (TPSA) is 86.2 Å². The minimum atomic E-state index is -0.706. The monoisotopic (exact) mass is 402 g/mol. The average molecular weight is 402 g/mol. The van der Waals surface area contributed by atoms with Crippen LogP contribution in [0.3, 0.4) is 0 Å². The van der Waals surface area contributed by atoms with Gasteiger partial charge in [-0.1, -0.05) is 18.2 Å². The zero-order valence-corrected chi connectivity index (χ0v) is 16.8. The molecule has 0 heterocycles. The van der Waals surface area contributed by atoms with Crippen LogP contribution < -0.4 is 14.9 Å². The van der Waals surface area contributed by atoms with Crippen molar-refractivity contribution in [3.8, 4) is 11.5 Å². The van der Waals surface area contributed by atoms with Crippen molar-refractivity contribution < 1.29 is 23.8 Å². The molecule has 0 fully saturated rings. The molecule has 2 aromatic rings. The number of nitrogens with zero attached hydrogens (tertiary/aromatic N) is 1. The van der Waals surface area contributed by atoms with Crippen LogP contribution in [-0.2, 0) is 4.74 Å². The number of methoxy groups -OCH3 is 2. The van der Waals surface area contributed by atoms with E-state index in [2.05, 4.69) is 23.2 Å². The van der Waals surface area contributed by atoms with Gasteiger partial charge in [-0.2, -0.15) is 5.10 Å². The van der Waals surface area contributed by atoms with Crippen LogP contribution in [0.4, 0.5) is 4.79 Å². The van der Waals surface area contributed by atoms with Gasteiger partial charge < -0.3 is 14.2 Å². The molecule has 0 spiro atoms. The Labute approximate surface area is 169 Å². The van der Waals surface area contributed by atoms with Crippen molar-refractivity contribution in [3.05, 3.63) is 53.6 Å². The first-order valence-corrected chi connectivity index (χ1v) is 8.97. The van der Waals surface area contributed by atoms with E-state index in [1.54, 1.807) is 49.4 Å². The number of hydrazone groups is 1. The number of Topliss-reactive ketones (excluding diaryl/α,β-unsaturated/α-hetero) is 1. The fourth-order valence-corrected chi connectivity index (χ4v) is 2.74. The molecule has 7 nitrogen and oxygen atoms in total. The fourth-order valence-electron chi connectivity index (χ4n) is 2.46. The Morgan fingerprint density at radius 1 is 1.07 bits per heavy atom. The number of rotatable bonds is 8. The molecule has 8 heteroatoms. The number of ketones is 1. The van der Waals surface area contributed by atoms with Gasteiger partial charge in [0.2, 0.25) is 0 Å². The first-order valence-electron chi connectivity index (χ1n) is 8.53. The molecule has 2 rings (SSSR count). The van der Waals surface area contributed by atoms with Crippen molar-refractivity contribution in [1.29, 1.82) is 0 Å². The lowest BCUT2D eigenvalue weighted by Crippen LogP contribution is -2.22. The summed E-state index contributed by atoms with van der Waals surface area (Å²) in [6.45, 7) is 1.89. The van der Waals surface area contributed by atoms with Crippen LogP contribution >= 0.6 is 12.6 Å². The van der Waals surface area contributed by atoms with E-state index in [1.165, 1.54) is 14.2 Å². The summed E-state index contributed by atoms with van der Waals surface area (Å²) in [7, 11) is 3.04. The predicted molar refractivity (Wildman–Crippen MR) is 109 cm³/mol. The molecule has 0 aliphatic carbocycles. The molecule has 0 unspecified atom stereocenters. The van der Waals surface area contributed by atoms with E-state index in [0.29, 0.717) is 33.2 Å². The standard InChI is InChI=1S/C20H22N2O5S/c1-4-27-20(24)22-21-15(12-16(23)14-7-5-6-8-19(14)28)13-9-10-17(25-2)18(11-13)26-3/h5-11,28H,4,12H2,1-3H3,(H,22,24)/b21-15+. The number of nitrogens with one attached hydrogen (secondary N) is 1. The van der Waals surface area contributed by atoms with Crippen LogP contribution in [0.15, 0.2) is 52.5 Å².